The third-order valence-electron chi connectivity index (χ3n) is 3.98. The maximum absolute atomic E-state index is 4.35. The fourth-order valence-corrected chi connectivity index (χ4v) is 2.50. The van der Waals surface area contributed by atoms with Crippen molar-refractivity contribution in [1.29, 1.82) is 0 Å². The zero-order valence-corrected chi connectivity index (χ0v) is 10.3. The van der Waals surface area contributed by atoms with Crippen LogP contribution in [0.1, 0.15) is 31.7 Å². The molecule has 2 aromatic rings. The molecular weight excluding hydrogens is 210 g/mol. The summed E-state index contributed by atoms with van der Waals surface area (Å²) in [7, 11) is 0. The number of hydrogen-bond acceptors (Lipinski definition) is 2. The highest BCUT2D eigenvalue weighted by Crippen LogP contribution is 2.29. The Morgan fingerprint density at radius 3 is 3.12 bits per heavy atom. The van der Waals surface area contributed by atoms with Gasteiger partial charge < -0.3 is 5.32 Å². The van der Waals surface area contributed by atoms with Crippen molar-refractivity contribution in [3.05, 3.63) is 36.2 Å². The summed E-state index contributed by atoms with van der Waals surface area (Å²) < 4.78 is 1.94. The number of nitrogens with one attached hydrogen (secondary N) is 1. The number of nitrogens with zero attached hydrogens (tertiary/aromatic N) is 2. The molecule has 0 bridgehead atoms. The summed E-state index contributed by atoms with van der Waals surface area (Å²) in [5.74, 6) is 0.886. The lowest BCUT2D eigenvalue weighted by atomic mass is 9.80. The normalized spacial score (nSPS) is 18.2. The Kier molecular flexibility index (Phi) is 2.85. The molecule has 0 saturated heterocycles. The average Bonchev–Trinajstić information content (AvgIpc) is 2.67. The summed E-state index contributed by atoms with van der Waals surface area (Å²) in [6, 6.07) is 6.82. The van der Waals surface area contributed by atoms with E-state index in [9.17, 15) is 0 Å². The largest absolute Gasteiger partial charge is 0.310 e. The van der Waals surface area contributed by atoms with Crippen LogP contribution in [-0.2, 0) is 6.54 Å². The van der Waals surface area contributed by atoms with E-state index >= 15 is 0 Å². The predicted octanol–water partition coefficient (Wildman–Crippen LogP) is 2.61. The Morgan fingerprint density at radius 1 is 1.47 bits per heavy atom. The molecule has 0 aromatic carbocycles. The van der Waals surface area contributed by atoms with Gasteiger partial charge in [0.05, 0.1) is 11.7 Å². The van der Waals surface area contributed by atoms with Crippen molar-refractivity contribution in [2.24, 2.45) is 5.92 Å². The molecule has 1 unspecified atom stereocenters. The Bertz CT molecular complexity index is 499. The minimum atomic E-state index is 0.627. The minimum absolute atomic E-state index is 0.627. The van der Waals surface area contributed by atoms with E-state index in [1.807, 2.05) is 23.0 Å². The molecule has 1 aliphatic rings. The highest BCUT2D eigenvalue weighted by molar-refractivity contribution is 5.53. The van der Waals surface area contributed by atoms with Crippen LogP contribution in [0.4, 0.5) is 0 Å². The summed E-state index contributed by atoms with van der Waals surface area (Å²) in [5, 5.41) is 7.98. The van der Waals surface area contributed by atoms with E-state index < -0.39 is 0 Å². The molecule has 1 saturated carbocycles. The third kappa shape index (κ3) is 2.07. The van der Waals surface area contributed by atoms with Gasteiger partial charge in [0.25, 0.3) is 0 Å². The molecule has 2 heterocycles. The number of pyridine rings is 1. The molecule has 2 aromatic heterocycles. The SMILES string of the molecule is CC(NCc1cnn2ccccc12)C1CCC1. The Labute approximate surface area is 102 Å². The molecule has 0 amide bonds. The Morgan fingerprint density at radius 2 is 2.35 bits per heavy atom. The summed E-state index contributed by atoms with van der Waals surface area (Å²) in [6.07, 6.45) is 8.16. The van der Waals surface area contributed by atoms with Crippen LogP contribution in [0.5, 0.6) is 0 Å². The van der Waals surface area contributed by atoms with Crippen molar-refractivity contribution in [3.8, 4) is 0 Å². The molecule has 90 valence electrons. The van der Waals surface area contributed by atoms with E-state index in [2.05, 4.69) is 29.5 Å². The van der Waals surface area contributed by atoms with Crippen LogP contribution in [0.2, 0.25) is 0 Å². The second-order valence-electron chi connectivity index (χ2n) is 5.06. The monoisotopic (exact) mass is 229 g/mol. The van der Waals surface area contributed by atoms with Gasteiger partial charge in [0.15, 0.2) is 0 Å². The Balaban J connectivity index is 1.68. The zero-order chi connectivity index (χ0) is 11.7. The molecule has 0 radical (unpaired) electrons. The minimum Gasteiger partial charge on any atom is -0.310 e. The smallest absolute Gasteiger partial charge is 0.0706 e. The summed E-state index contributed by atoms with van der Waals surface area (Å²) in [4.78, 5) is 0. The summed E-state index contributed by atoms with van der Waals surface area (Å²) in [6.45, 7) is 3.22. The predicted molar refractivity (Wildman–Crippen MR) is 68.8 cm³/mol. The highest BCUT2D eigenvalue weighted by Gasteiger charge is 2.23. The number of rotatable bonds is 4. The second-order valence-corrected chi connectivity index (χ2v) is 5.06. The van der Waals surface area contributed by atoms with E-state index in [1.54, 1.807) is 0 Å². The molecule has 3 nitrogen and oxygen atoms in total. The molecule has 1 N–H and O–H groups in total. The first-order chi connectivity index (χ1) is 8.34. The molecule has 3 rings (SSSR count). The second kappa shape index (κ2) is 4.49. The van der Waals surface area contributed by atoms with E-state index in [0.29, 0.717) is 6.04 Å². The lowest BCUT2D eigenvalue weighted by molar-refractivity contribution is 0.240. The van der Waals surface area contributed by atoms with Crippen LogP contribution < -0.4 is 5.32 Å². The summed E-state index contributed by atoms with van der Waals surface area (Å²) >= 11 is 0. The molecular formula is C14H19N3. The first-order valence-electron chi connectivity index (χ1n) is 6.49. The molecule has 1 atom stereocenters. The van der Waals surface area contributed by atoms with E-state index in [1.165, 1.54) is 30.3 Å². The van der Waals surface area contributed by atoms with E-state index in [-0.39, 0.29) is 0 Å². The van der Waals surface area contributed by atoms with Gasteiger partial charge in [-0.1, -0.05) is 12.5 Å². The quantitative estimate of drug-likeness (QED) is 0.873. The Hall–Kier alpha value is -1.35. The molecule has 17 heavy (non-hydrogen) atoms. The van der Waals surface area contributed by atoms with Crippen molar-refractivity contribution in [1.82, 2.24) is 14.9 Å². The number of aromatic nitrogens is 2. The molecule has 1 aliphatic carbocycles. The van der Waals surface area contributed by atoms with Crippen LogP contribution in [0, 0.1) is 5.92 Å². The van der Waals surface area contributed by atoms with Gasteiger partial charge in [0.2, 0.25) is 0 Å². The van der Waals surface area contributed by atoms with Crippen molar-refractivity contribution < 1.29 is 0 Å². The number of fused-ring (bicyclic) bond motifs is 1. The summed E-state index contributed by atoms with van der Waals surface area (Å²) in [5.41, 5.74) is 2.50. The van der Waals surface area contributed by atoms with Gasteiger partial charge in [0.1, 0.15) is 0 Å². The van der Waals surface area contributed by atoms with Crippen molar-refractivity contribution >= 4 is 5.52 Å². The fraction of sp³-hybridized carbons (Fsp3) is 0.500. The first-order valence-corrected chi connectivity index (χ1v) is 6.49. The topological polar surface area (TPSA) is 29.3 Å². The van der Waals surface area contributed by atoms with Crippen LogP contribution in [-0.4, -0.2) is 15.7 Å². The lowest BCUT2D eigenvalue weighted by Gasteiger charge is -2.32. The lowest BCUT2D eigenvalue weighted by Crippen LogP contribution is -2.36. The fourth-order valence-electron chi connectivity index (χ4n) is 2.50. The van der Waals surface area contributed by atoms with Gasteiger partial charge in [0, 0.05) is 24.3 Å². The van der Waals surface area contributed by atoms with Gasteiger partial charge in [-0.3, -0.25) is 0 Å². The van der Waals surface area contributed by atoms with Crippen LogP contribution in [0.15, 0.2) is 30.6 Å². The van der Waals surface area contributed by atoms with E-state index in [0.717, 1.165) is 12.5 Å². The number of hydrogen-bond donors (Lipinski definition) is 1. The van der Waals surface area contributed by atoms with E-state index in [4.69, 9.17) is 0 Å². The van der Waals surface area contributed by atoms with Gasteiger partial charge in [-0.05, 0) is 37.8 Å². The van der Waals surface area contributed by atoms with Gasteiger partial charge in [-0.2, -0.15) is 5.10 Å². The first kappa shape index (κ1) is 10.8. The van der Waals surface area contributed by atoms with Crippen LogP contribution in [0.25, 0.3) is 5.52 Å². The maximum atomic E-state index is 4.35. The van der Waals surface area contributed by atoms with Crippen LogP contribution in [0.3, 0.4) is 0 Å². The standard InChI is InChI=1S/C14H19N3/c1-11(12-5-4-6-12)15-9-13-10-16-17-8-3-2-7-14(13)17/h2-3,7-8,10-12,15H,4-6,9H2,1H3. The zero-order valence-electron chi connectivity index (χ0n) is 10.3. The molecule has 1 fully saturated rings. The average molecular weight is 229 g/mol. The van der Waals surface area contributed by atoms with Gasteiger partial charge >= 0.3 is 0 Å². The maximum Gasteiger partial charge on any atom is 0.0706 e. The highest BCUT2D eigenvalue weighted by atomic mass is 15.2. The third-order valence-corrected chi connectivity index (χ3v) is 3.98. The molecule has 3 heteroatoms. The van der Waals surface area contributed by atoms with Crippen molar-refractivity contribution in [2.45, 2.75) is 38.8 Å². The van der Waals surface area contributed by atoms with Crippen LogP contribution >= 0.6 is 0 Å². The molecule has 0 aliphatic heterocycles. The van der Waals surface area contributed by atoms with Crippen molar-refractivity contribution in [3.63, 3.8) is 0 Å². The molecule has 0 spiro atoms. The van der Waals surface area contributed by atoms with Gasteiger partial charge in [-0.15, -0.1) is 0 Å². The van der Waals surface area contributed by atoms with Crippen molar-refractivity contribution in [2.75, 3.05) is 0 Å². The van der Waals surface area contributed by atoms with Gasteiger partial charge in [-0.25, -0.2) is 4.52 Å².